The van der Waals surface area contributed by atoms with Crippen LogP contribution in [-0.2, 0) is 6.42 Å². The number of unbranched alkanes of at least 4 members (excludes halogenated alkanes) is 5. The third-order valence-corrected chi connectivity index (χ3v) is 12.9. The normalized spacial score (nSPS) is 18.7. The second-order valence-corrected chi connectivity index (χ2v) is 16.9. The van der Waals surface area contributed by atoms with E-state index in [1.807, 2.05) is 0 Å². The van der Waals surface area contributed by atoms with Gasteiger partial charge in [-0.15, -0.1) is 0 Å². The van der Waals surface area contributed by atoms with E-state index in [4.69, 9.17) is 4.74 Å². The van der Waals surface area contributed by atoms with E-state index in [1.165, 1.54) is 109 Å². The Bertz CT molecular complexity index is 832. The average molecular weight is 657 g/mol. The van der Waals surface area contributed by atoms with Crippen molar-refractivity contribution in [2.45, 2.75) is 175 Å². The third-order valence-electron chi connectivity index (χ3n) is 9.25. The van der Waals surface area contributed by atoms with Gasteiger partial charge < -0.3 is 0 Å². The summed E-state index contributed by atoms with van der Waals surface area (Å²) in [4.78, 5) is 0. The number of aromatic hydroxyl groups is 1. The number of phenolic OH excluding ortho intramolecular Hbond substituents is 1. The van der Waals surface area contributed by atoms with Gasteiger partial charge in [0.05, 0.1) is 0 Å². The van der Waals surface area contributed by atoms with Crippen LogP contribution in [0.4, 0.5) is 0 Å². The van der Waals surface area contributed by atoms with Crippen molar-refractivity contribution in [2.24, 2.45) is 17.8 Å². The van der Waals surface area contributed by atoms with Crippen molar-refractivity contribution in [3.05, 3.63) is 16.7 Å². The number of rotatable bonds is 20. The molecule has 3 heteroatoms. The molecule has 2 rings (SSSR count). The first-order valence-corrected chi connectivity index (χ1v) is 19.6. The molecule has 226 valence electrons. The molecule has 0 spiro atoms. The van der Waals surface area contributed by atoms with Crippen molar-refractivity contribution >= 4 is 24.5 Å². The summed E-state index contributed by atoms with van der Waals surface area (Å²) in [7, 11) is 0. The van der Waals surface area contributed by atoms with Gasteiger partial charge in [0, 0.05) is 0 Å². The Hall–Kier alpha value is -0.390. The number of hydrogen-bond acceptors (Lipinski definition) is 2. The van der Waals surface area contributed by atoms with Crippen molar-refractivity contribution in [1.29, 1.82) is 0 Å². The van der Waals surface area contributed by atoms with Crippen LogP contribution in [-0.4, -0.2) is 31.6 Å². The molecule has 0 amide bonds. The van der Waals surface area contributed by atoms with Crippen molar-refractivity contribution in [2.75, 3.05) is 0 Å². The van der Waals surface area contributed by atoms with Crippen LogP contribution < -0.4 is 8.35 Å². The van der Waals surface area contributed by atoms with Crippen LogP contribution in [0.5, 0.6) is 11.5 Å². The Balaban J connectivity index is 1.81. The van der Waals surface area contributed by atoms with E-state index in [2.05, 4.69) is 55.4 Å². The summed E-state index contributed by atoms with van der Waals surface area (Å²) in [5.41, 5.74) is 3.55. The number of ether oxygens (including phenoxy) is 1. The molecular weight excluding hydrogens is 592 g/mol. The molecule has 0 unspecified atom stereocenters. The number of hydrogen-bond donors (Lipinski definition) is 1. The number of benzene rings is 1. The Morgan fingerprint density at radius 2 is 1.38 bits per heavy atom. The Labute approximate surface area is 253 Å². The zero-order chi connectivity index (χ0) is 28.8. The van der Waals surface area contributed by atoms with E-state index in [0.717, 1.165) is 48.3 Å². The van der Waals surface area contributed by atoms with Gasteiger partial charge in [-0.05, 0) is 11.8 Å². The van der Waals surface area contributed by atoms with E-state index in [0.29, 0.717) is 5.75 Å². The monoisotopic (exact) mass is 658 g/mol. The van der Waals surface area contributed by atoms with Gasteiger partial charge in [0.1, 0.15) is 0 Å². The fourth-order valence-corrected chi connectivity index (χ4v) is 9.62. The van der Waals surface area contributed by atoms with E-state index in [-0.39, 0.29) is 26.5 Å². The zero-order valence-corrected chi connectivity index (χ0v) is 29.6. The number of fused-ring (bicyclic) bond motifs is 1. The van der Waals surface area contributed by atoms with Crippen molar-refractivity contribution in [3.63, 3.8) is 0 Å². The summed E-state index contributed by atoms with van der Waals surface area (Å²) >= 11 is -0.384. The molecule has 1 aromatic carbocycles. The van der Waals surface area contributed by atoms with Crippen LogP contribution in [0.3, 0.4) is 0 Å². The summed E-state index contributed by atoms with van der Waals surface area (Å²) in [5, 5.41) is 11.1. The predicted octanol–water partition coefficient (Wildman–Crippen LogP) is 10.6. The maximum atomic E-state index is 11.1. The summed E-state index contributed by atoms with van der Waals surface area (Å²) in [5.74, 6) is 4.26. The molecule has 0 bridgehead atoms. The maximum absolute atomic E-state index is 11.1. The van der Waals surface area contributed by atoms with E-state index in [1.54, 1.807) is 0 Å². The van der Waals surface area contributed by atoms with Gasteiger partial charge in [0.15, 0.2) is 0 Å². The molecule has 0 fully saturated rings. The number of phenols is 1. The quantitative estimate of drug-likeness (QED) is 0.112. The molecule has 0 saturated heterocycles. The Morgan fingerprint density at radius 3 is 2.03 bits per heavy atom. The van der Waals surface area contributed by atoms with Crippen LogP contribution in [0, 0.1) is 31.6 Å². The second-order valence-electron chi connectivity index (χ2n) is 13.8. The second kappa shape index (κ2) is 18.2. The van der Waals surface area contributed by atoms with Crippen molar-refractivity contribution in [3.8, 4) is 11.5 Å². The zero-order valence-electron chi connectivity index (χ0n) is 27.2. The molecule has 1 aromatic rings. The minimum absolute atomic E-state index is 0.0665. The Kier molecular flexibility index (Phi) is 16.3. The first-order chi connectivity index (χ1) is 18.6. The SMILES string of the molecule is CCCCCCCC[Te]c1c(C)c2c(c(C)c1O)CC[C@@](C)(CCC[C@H](C)CCC[C@H](C)CCCC(C)C)O2. The molecule has 0 radical (unpaired) electrons. The van der Waals surface area contributed by atoms with Crippen molar-refractivity contribution < 1.29 is 9.84 Å². The molecule has 1 aliphatic rings. The van der Waals surface area contributed by atoms with Crippen molar-refractivity contribution in [1.82, 2.24) is 0 Å². The minimum atomic E-state index is -0.384. The van der Waals surface area contributed by atoms with Crippen LogP contribution in [0.2, 0.25) is 4.47 Å². The van der Waals surface area contributed by atoms with Crippen LogP contribution >= 0.6 is 0 Å². The fraction of sp³-hybridized carbons (Fsp3) is 0.833. The Morgan fingerprint density at radius 1 is 0.795 bits per heavy atom. The van der Waals surface area contributed by atoms with Crippen LogP contribution in [0.1, 0.15) is 161 Å². The van der Waals surface area contributed by atoms with Gasteiger partial charge in [-0.3, -0.25) is 0 Å². The first-order valence-electron chi connectivity index (χ1n) is 16.7. The van der Waals surface area contributed by atoms with Gasteiger partial charge in [-0.25, -0.2) is 0 Å². The molecule has 1 aliphatic heterocycles. The summed E-state index contributed by atoms with van der Waals surface area (Å²) in [6.07, 6.45) is 22.3. The molecule has 2 nitrogen and oxygen atoms in total. The molecule has 0 saturated carbocycles. The van der Waals surface area contributed by atoms with Gasteiger partial charge in [0.2, 0.25) is 0 Å². The van der Waals surface area contributed by atoms with Gasteiger partial charge >= 0.3 is 203 Å². The molecule has 39 heavy (non-hydrogen) atoms. The molecule has 3 atom stereocenters. The molecule has 1 heterocycles. The first kappa shape index (κ1) is 34.8. The predicted molar refractivity (Wildman–Crippen MR) is 173 cm³/mol. The average Bonchev–Trinajstić information content (AvgIpc) is 2.88. The van der Waals surface area contributed by atoms with E-state index in [9.17, 15) is 5.11 Å². The van der Waals surface area contributed by atoms with Gasteiger partial charge in [0.25, 0.3) is 0 Å². The van der Waals surface area contributed by atoms with Crippen LogP contribution in [0.25, 0.3) is 0 Å². The standard InChI is InChI=1S/C36H64O2Te/c1-9-10-11-12-13-14-26-39-35-31(7)34-32(30(6)33(35)37)23-25-36(8,38-34)24-17-22-29(5)21-16-20-28(4)19-15-18-27(2)3/h27-29,37H,9-26H2,1-8H3/t28-,29-,36-/m1/s1. The molecule has 0 aromatic heterocycles. The van der Waals surface area contributed by atoms with Gasteiger partial charge in [-0.1, -0.05) is 40.0 Å². The van der Waals surface area contributed by atoms with E-state index < -0.39 is 0 Å². The van der Waals surface area contributed by atoms with Gasteiger partial charge in [-0.2, -0.15) is 0 Å². The summed E-state index contributed by atoms with van der Waals surface area (Å²) < 4.78 is 9.41. The van der Waals surface area contributed by atoms with E-state index >= 15 is 0 Å². The molecular formula is C36H64O2Te. The summed E-state index contributed by atoms with van der Waals surface area (Å²) in [6.45, 7) is 18.6. The molecule has 1 N–H and O–H groups in total. The topological polar surface area (TPSA) is 29.5 Å². The van der Waals surface area contributed by atoms with Crippen LogP contribution in [0.15, 0.2) is 0 Å². The third kappa shape index (κ3) is 12.2. The molecule has 0 aliphatic carbocycles. The fourth-order valence-electron chi connectivity index (χ4n) is 6.33. The summed E-state index contributed by atoms with van der Waals surface area (Å²) in [6, 6.07) is 0.